The van der Waals surface area contributed by atoms with Gasteiger partial charge in [0.1, 0.15) is 0 Å². The predicted octanol–water partition coefficient (Wildman–Crippen LogP) is 3.22. The zero-order chi connectivity index (χ0) is 16.3. The van der Waals surface area contributed by atoms with Crippen LogP contribution in [0.3, 0.4) is 0 Å². The summed E-state index contributed by atoms with van der Waals surface area (Å²) < 4.78 is 7.30. The SMILES string of the molecule is COCCCn1c(-c2ccc(C)cc2C)cc(C(N)=O)c1C. The van der Waals surface area contributed by atoms with Crippen molar-refractivity contribution in [2.45, 2.75) is 33.7 Å². The molecule has 1 amide bonds. The second-order valence-corrected chi connectivity index (χ2v) is 5.71. The van der Waals surface area contributed by atoms with Crippen molar-refractivity contribution >= 4 is 5.91 Å². The van der Waals surface area contributed by atoms with Gasteiger partial charge in [0.25, 0.3) is 5.91 Å². The Bertz CT molecular complexity index is 687. The van der Waals surface area contributed by atoms with Crippen molar-refractivity contribution in [3.05, 3.63) is 46.6 Å². The van der Waals surface area contributed by atoms with Crippen LogP contribution in [0, 0.1) is 20.8 Å². The molecule has 0 aliphatic rings. The van der Waals surface area contributed by atoms with Crippen molar-refractivity contribution in [2.75, 3.05) is 13.7 Å². The number of methoxy groups -OCH3 is 1. The van der Waals surface area contributed by atoms with Crippen molar-refractivity contribution in [2.24, 2.45) is 5.73 Å². The first-order valence-corrected chi connectivity index (χ1v) is 7.52. The van der Waals surface area contributed by atoms with Crippen LogP contribution in [0.15, 0.2) is 24.3 Å². The number of hydrogen-bond acceptors (Lipinski definition) is 2. The van der Waals surface area contributed by atoms with Crippen LogP contribution in [0.25, 0.3) is 11.3 Å². The number of aryl methyl sites for hydroxylation is 2. The second-order valence-electron chi connectivity index (χ2n) is 5.71. The summed E-state index contributed by atoms with van der Waals surface area (Å²) in [6, 6.07) is 8.26. The highest BCUT2D eigenvalue weighted by Gasteiger charge is 2.17. The molecule has 118 valence electrons. The first-order valence-electron chi connectivity index (χ1n) is 7.52. The molecule has 2 aromatic rings. The summed E-state index contributed by atoms with van der Waals surface area (Å²) in [6.07, 6.45) is 0.891. The molecular weight excluding hydrogens is 276 g/mol. The van der Waals surface area contributed by atoms with Gasteiger partial charge in [0, 0.05) is 37.2 Å². The Balaban J connectivity index is 2.52. The summed E-state index contributed by atoms with van der Waals surface area (Å²) in [6.45, 7) is 7.61. The van der Waals surface area contributed by atoms with E-state index in [2.05, 4.69) is 36.6 Å². The molecule has 0 aliphatic carbocycles. The summed E-state index contributed by atoms with van der Waals surface area (Å²) >= 11 is 0. The van der Waals surface area contributed by atoms with E-state index in [1.165, 1.54) is 11.1 Å². The van der Waals surface area contributed by atoms with Crippen molar-refractivity contribution in [3.8, 4) is 11.3 Å². The van der Waals surface area contributed by atoms with Crippen LogP contribution in [0.5, 0.6) is 0 Å². The van der Waals surface area contributed by atoms with E-state index in [1.54, 1.807) is 7.11 Å². The van der Waals surface area contributed by atoms with E-state index in [1.807, 2.05) is 13.0 Å². The lowest BCUT2D eigenvalue weighted by molar-refractivity contribution is 0.0999. The quantitative estimate of drug-likeness (QED) is 0.833. The highest BCUT2D eigenvalue weighted by Crippen LogP contribution is 2.29. The Labute approximate surface area is 131 Å². The van der Waals surface area contributed by atoms with E-state index in [4.69, 9.17) is 10.5 Å². The molecule has 0 saturated carbocycles. The number of primary amides is 1. The lowest BCUT2D eigenvalue weighted by atomic mass is 10.0. The maximum atomic E-state index is 11.7. The molecule has 1 heterocycles. The van der Waals surface area contributed by atoms with Gasteiger partial charge in [-0.25, -0.2) is 0 Å². The molecular formula is C18H24N2O2. The monoisotopic (exact) mass is 300 g/mol. The van der Waals surface area contributed by atoms with Crippen molar-refractivity contribution in [1.29, 1.82) is 0 Å². The number of rotatable bonds is 6. The van der Waals surface area contributed by atoms with E-state index < -0.39 is 0 Å². The van der Waals surface area contributed by atoms with Gasteiger partial charge in [0.2, 0.25) is 0 Å². The van der Waals surface area contributed by atoms with Gasteiger partial charge >= 0.3 is 0 Å². The third-order valence-electron chi connectivity index (χ3n) is 4.02. The summed E-state index contributed by atoms with van der Waals surface area (Å²) in [5, 5.41) is 0. The smallest absolute Gasteiger partial charge is 0.250 e. The molecule has 1 aromatic carbocycles. The number of hydrogen-bond donors (Lipinski definition) is 1. The summed E-state index contributed by atoms with van der Waals surface area (Å²) in [7, 11) is 1.70. The molecule has 4 nitrogen and oxygen atoms in total. The first kappa shape index (κ1) is 16.3. The molecule has 0 atom stereocenters. The van der Waals surface area contributed by atoms with Gasteiger partial charge in [0.15, 0.2) is 0 Å². The number of ether oxygens (including phenoxy) is 1. The number of carbonyl (C=O) groups is 1. The predicted molar refractivity (Wildman–Crippen MR) is 89.1 cm³/mol. The molecule has 22 heavy (non-hydrogen) atoms. The first-order chi connectivity index (χ1) is 10.5. The minimum Gasteiger partial charge on any atom is -0.385 e. The van der Waals surface area contributed by atoms with Crippen LogP contribution in [-0.4, -0.2) is 24.2 Å². The largest absolute Gasteiger partial charge is 0.385 e. The number of amides is 1. The zero-order valence-electron chi connectivity index (χ0n) is 13.8. The second kappa shape index (κ2) is 6.79. The van der Waals surface area contributed by atoms with Crippen molar-refractivity contribution in [3.63, 3.8) is 0 Å². The van der Waals surface area contributed by atoms with Gasteiger partial charge in [0.05, 0.1) is 5.56 Å². The standard InChI is InChI=1S/C18H24N2O2/c1-12-6-7-15(13(2)10-12)17-11-16(18(19)21)14(3)20(17)8-5-9-22-4/h6-7,10-11H,5,8-9H2,1-4H3,(H2,19,21). The topological polar surface area (TPSA) is 57.2 Å². The third-order valence-corrected chi connectivity index (χ3v) is 4.02. The maximum absolute atomic E-state index is 11.7. The summed E-state index contributed by atoms with van der Waals surface area (Å²) in [4.78, 5) is 11.7. The van der Waals surface area contributed by atoms with Crippen molar-refractivity contribution < 1.29 is 9.53 Å². The van der Waals surface area contributed by atoms with Gasteiger partial charge in [-0.3, -0.25) is 4.79 Å². The van der Waals surface area contributed by atoms with Crippen LogP contribution in [0.1, 0.15) is 33.6 Å². The molecule has 0 unspecified atom stereocenters. The number of carbonyl (C=O) groups excluding carboxylic acids is 1. The Morgan fingerprint density at radius 1 is 1.23 bits per heavy atom. The number of nitrogens with zero attached hydrogens (tertiary/aromatic N) is 1. The lowest BCUT2D eigenvalue weighted by Crippen LogP contribution is -2.13. The highest BCUT2D eigenvalue weighted by molar-refractivity contribution is 5.95. The van der Waals surface area contributed by atoms with Crippen LogP contribution < -0.4 is 5.73 Å². The Kier molecular flexibility index (Phi) is 5.03. The molecule has 0 fully saturated rings. The molecule has 0 bridgehead atoms. The van der Waals surface area contributed by atoms with Gasteiger partial charge in [-0.05, 0) is 38.8 Å². The van der Waals surface area contributed by atoms with Crippen LogP contribution in [0.4, 0.5) is 0 Å². The van der Waals surface area contributed by atoms with Crippen LogP contribution in [-0.2, 0) is 11.3 Å². The molecule has 0 saturated heterocycles. The highest BCUT2D eigenvalue weighted by atomic mass is 16.5. The average Bonchev–Trinajstić information content (AvgIpc) is 2.77. The molecule has 1 aromatic heterocycles. The molecule has 0 radical (unpaired) electrons. The lowest BCUT2D eigenvalue weighted by Gasteiger charge is -2.14. The Morgan fingerprint density at radius 2 is 1.95 bits per heavy atom. The number of benzene rings is 1. The number of aromatic nitrogens is 1. The van der Waals surface area contributed by atoms with E-state index >= 15 is 0 Å². The van der Waals surface area contributed by atoms with Crippen LogP contribution in [0.2, 0.25) is 0 Å². The van der Waals surface area contributed by atoms with Gasteiger partial charge in [-0.15, -0.1) is 0 Å². The van der Waals surface area contributed by atoms with Gasteiger partial charge in [-0.2, -0.15) is 0 Å². The Hall–Kier alpha value is -2.07. The third kappa shape index (κ3) is 3.22. The fourth-order valence-electron chi connectivity index (χ4n) is 2.87. The Morgan fingerprint density at radius 3 is 2.55 bits per heavy atom. The van der Waals surface area contributed by atoms with Gasteiger partial charge in [-0.1, -0.05) is 23.8 Å². The van der Waals surface area contributed by atoms with Gasteiger partial charge < -0.3 is 15.0 Å². The molecule has 0 spiro atoms. The molecule has 2 N–H and O–H groups in total. The molecule has 0 aliphatic heterocycles. The number of nitrogens with two attached hydrogens (primary N) is 1. The normalized spacial score (nSPS) is 10.9. The van der Waals surface area contributed by atoms with Crippen LogP contribution >= 0.6 is 0 Å². The summed E-state index contributed by atoms with van der Waals surface area (Å²) in [5.41, 5.74) is 11.6. The maximum Gasteiger partial charge on any atom is 0.250 e. The fourth-order valence-corrected chi connectivity index (χ4v) is 2.87. The average molecular weight is 300 g/mol. The summed E-state index contributed by atoms with van der Waals surface area (Å²) in [5.74, 6) is -0.381. The van der Waals surface area contributed by atoms with E-state index in [0.29, 0.717) is 12.2 Å². The minimum absolute atomic E-state index is 0.381. The van der Waals surface area contributed by atoms with E-state index in [0.717, 1.165) is 29.9 Å². The van der Waals surface area contributed by atoms with Crippen molar-refractivity contribution in [1.82, 2.24) is 4.57 Å². The minimum atomic E-state index is -0.381. The fraction of sp³-hybridized carbons (Fsp3) is 0.389. The zero-order valence-corrected chi connectivity index (χ0v) is 13.8. The molecule has 4 heteroatoms. The van der Waals surface area contributed by atoms with E-state index in [-0.39, 0.29) is 5.91 Å². The molecule has 2 rings (SSSR count). The van der Waals surface area contributed by atoms with E-state index in [9.17, 15) is 4.79 Å².